The van der Waals surface area contributed by atoms with Gasteiger partial charge in [-0.2, -0.15) is 0 Å². The van der Waals surface area contributed by atoms with Crippen molar-refractivity contribution in [3.63, 3.8) is 0 Å². The Labute approximate surface area is 548 Å². The van der Waals surface area contributed by atoms with Gasteiger partial charge >= 0.3 is 0 Å². The van der Waals surface area contributed by atoms with Crippen LogP contribution in [0.25, 0.3) is 100 Å². The number of anilines is 6. The molecule has 0 spiro atoms. The molecule has 93 heavy (non-hydrogen) atoms. The minimum absolute atomic E-state index is 0.162. The van der Waals surface area contributed by atoms with Crippen LogP contribution in [0, 0.1) is 41.5 Å². The molecule has 2 aliphatic heterocycles. The molecule has 0 atom stereocenters. The van der Waals surface area contributed by atoms with E-state index in [1.807, 2.05) is 0 Å². The van der Waals surface area contributed by atoms with Crippen LogP contribution in [0.15, 0.2) is 309 Å². The summed E-state index contributed by atoms with van der Waals surface area (Å²) < 4.78 is 0. The predicted molar refractivity (Wildman–Crippen MR) is 398 cm³/mol. The normalized spacial score (nSPS) is 12.1. The number of hydrogen-bond acceptors (Lipinski definition) is 2. The van der Waals surface area contributed by atoms with Crippen LogP contribution in [0.2, 0.25) is 0 Å². The Morgan fingerprint density at radius 2 is 0.462 bits per heavy atom. The molecule has 0 amide bonds. The summed E-state index contributed by atoms with van der Waals surface area (Å²) in [6.45, 7) is 13.6. The lowest BCUT2D eigenvalue weighted by molar-refractivity contribution is 1.25. The van der Waals surface area contributed by atoms with E-state index in [2.05, 4.69) is 361 Å². The fraction of sp³-hybridized carbons (Fsp3) is 0.0667. The molecule has 0 aromatic heterocycles. The zero-order chi connectivity index (χ0) is 62.8. The maximum Gasteiger partial charge on any atom is 0.252 e. The minimum atomic E-state index is -0.162. The van der Waals surface area contributed by atoms with E-state index in [0.717, 1.165) is 56.4 Å². The van der Waals surface area contributed by atoms with Gasteiger partial charge in [-0.3, -0.25) is 0 Å². The first-order valence-electron chi connectivity index (χ1n) is 32.6. The molecular formula is C90H69BN2. The highest BCUT2D eigenvalue weighted by Crippen LogP contribution is 2.51. The lowest BCUT2D eigenvalue weighted by Crippen LogP contribution is -2.61. The van der Waals surface area contributed by atoms with E-state index in [1.54, 1.807) is 0 Å². The maximum absolute atomic E-state index is 2.64. The number of rotatable bonds is 11. The van der Waals surface area contributed by atoms with Gasteiger partial charge in [0.05, 0.1) is 0 Å². The van der Waals surface area contributed by atoms with E-state index < -0.39 is 0 Å². The molecule has 2 nitrogen and oxygen atoms in total. The quantitative estimate of drug-likeness (QED) is 0.119. The van der Waals surface area contributed by atoms with E-state index in [4.69, 9.17) is 0 Å². The second-order valence-electron chi connectivity index (χ2n) is 25.5. The second kappa shape index (κ2) is 23.5. The summed E-state index contributed by atoms with van der Waals surface area (Å²) in [5.74, 6) is 0. The molecule has 442 valence electrons. The van der Waals surface area contributed by atoms with Crippen LogP contribution >= 0.6 is 0 Å². The van der Waals surface area contributed by atoms with Gasteiger partial charge in [-0.25, -0.2) is 0 Å². The molecule has 0 aliphatic carbocycles. The van der Waals surface area contributed by atoms with Gasteiger partial charge in [0, 0.05) is 34.1 Å². The van der Waals surface area contributed by atoms with Gasteiger partial charge in [-0.05, 0) is 252 Å². The molecule has 16 rings (SSSR count). The minimum Gasteiger partial charge on any atom is -0.311 e. The van der Waals surface area contributed by atoms with Crippen molar-refractivity contribution in [2.75, 3.05) is 9.80 Å². The zero-order valence-electron chi connectivity index (χ0n) is 53.4. The molecular weight excluding hydrogens is 1120 g/mol. The first-order valence-corrected chi connectivity index (χ1v) is 32.6. The Morgan fingerprint density at radius 1 is 0.194 bits per heavy atom. The molecule has 14 aromatic carbocycles. The summed E-state index contributed by atoms with van der Waals surface area (Å²) in [6.07, 6.45) is 0. The van der Waals surface area contributed by atoms with E-state index >= 15 is 0 Å². The van der Waals surface area contributed by atoms with Crippen molar-refractivity contribution in [2.24, 2.45) is 0 Å². The van der Waals surface area contributed by atoms with Crippen molar-refractivity contribution in [1.29, 1.82) is 0 Å². The van der Waals surface area contributed by atoms with Gasteiger partial charge in [-0.15, -0.1) is 0 Å². The van der Waals surface area contributed by atoms with Crippen molar-refractivity contribution >= 4 is 57.2 Å². The maximum atomic E-state index is 2.64. The standard InChI is InChI=1S/C90H69BN2/c1-58-26-25-27-59(2)87(58)78-56-85-90-86(57-78)93(80-52-76(68-36-21-11-22-37-68)49-77(53-80)69-38-23-12-24-39-69)84-55-71(89-62(5)46-73(47-63(89)6)65-30-15-8-16-31-65)41-43-82(84)91(90)81-42-40-70(88-60(3)44-72(45-61(88)4)64-28-13-7-14-29-64)54-83(81)92(85)79-50-74(66-32-17-9-18-33-66)48-75(51-79)67-34-19-10-20-35-67/h7-57H,1-6H3. The highest BCUT2D eigenvalue weighted by molar-refractivity contribution is 7.00. The summed E-state index contributed by atoms with van der Waals surface area (Å²) in [6, 6.07) is 116. The molecule has 0 saturated heterocycles. The molecule has 0 unspecified atom stereocenters. The lowest BCUT2D eigenvalue weighted by Gasteiger charge is -2.45. The van der Waals surface area contributed by atoms with E-state index in [-0.39, 0.29) is 6.71 Å². The van der Waals surface area contributed by atoms with Crippen LogP contribution in [0.4, 0.5) is 34.1 Å². The Kier molecular flexibility index (Phi) is 14.4. The molecule has 2 aliphatic rings. The summed E-state index contributed by atoms with van der Waals surface area (Å²) >= 11 is 0. The summed E-state index contributed by atoms with van der Waals surface area (Å²) in [7, 11) is 0. The van der Waals surface area contributed by atoms with Crippen LogP contribution in [-0.2, 0) is 0 Å². The van der Waals surface area contributed by atoms with Crippen molar-refractivity contribution in [3.05, 3.63) is 343 Å². The number of aryl methyl sites for hydroxylation is 6. The van der Waals surface area contributed by atoms with E-state index in [9.17, 15) is 0 Å². The SMILES string of the molecule is Cc1cccc(C)c1-c1cc2c3c(c1)N(c1cc(-c4ccccc4)cc(-c4ccccc4)c1)c1cc(-c4c(C)cc(-c5ccccc5)cc4C)ccc1B3c1ccc(-c3c(C)cc(-c4ccccc4)cc3C)cc1N2c1cc(-c2ccccc2)cc(-c2ccccc2)c1. The largest absolute Gasteiger partial charge is 0.311 e. The lowest BCUT2D eigenvalue weighted by atomic mass is 9.33. The molecule has 14 aromatic rings. The fourth-order valence-electron chi connectivity index (χ4n) is 15.4. The molecule has 0 radical (unpaired) electrons. The van der Waals surface area contributed by atoms with Crippen molar-refractivity contribution in [1.82, 2.24) is 0 Å². The van der Waals surface area contributed by atoms with E-state index in [1.165, 1.54) is 128 Å². The van der Waals surface area contributed by atoms with Crippen LogP contribution in [-0.4, -0.2) is 6.71 Å². The van der Waals surface area contributed by atoms with Gasteiger partial charge in [0.15, 0.2) is 0 Å². The first kappa shape index (κ1) is 56.9. The Morgan fingerprint density at radius 3 is 0.763 bits per heavy atom. The molecule has 3 heteroatoms. The average Bonchev–Trinajstić information content (AvgIpc) is 0.705. The Bertz CT molecular complexity index is 4710. The molecule has 0 N–H and O–H groups in total. The van der Waals surface area contributed by atoms with Crippen LogP contribution < -0.4 is 26.2 Å². The van der Waals surface area contributed by atoms with Crippen LogP contribution in [0.3, 0.4) is 0 Å². The van der Waals surface area contributed by atoms with Gasteiger partial charge < -0.3 is 9.80 Å². The average molecular weight is 1190 g/mol. The van der Waals surface area contributed by atoms with Gasteiger partial charge in [0.25, 0.3) is 6.71 Å². The van der Waals surface area contributed by atoms with Crippen molar-refractivity contribution < 1.29 is 0 Å². The van der Waals surface area contributed by atoms with Crippen molar-refractivity contribution in [2.45, 2.75) is 41.5 Å². The van der Waals surface area contributed by atoms with Crippen LogP contribution in [0.1, 0.15) is 33.4 Å². The molecule has 0 saturated carbocycles. The zero-order valence-corrected chi connectivity index (χ0v) is 53.4. The van der Waals surface area contributed by atoms with Crippen molar-refractivity contribution in [3.8, 4) is 100 Å². The molecule has 2 heterocycles. The number of benzene rings is 14. The summed E-state index contributed by atoms with van der Waals surface area (Å²) in [5.41, 5.74) is 39.5. The first-order chi connectivity index (χ1) is 45.6. The third kappa shape index (κ3) is 10.3. The van der Waals surface area contributed by atoms with Gasteiger partial charge in [-0.1, -0.05) is 249 Å². The summed E-state index contributed by atoms with van der Waals surface area (Å²) in [5, 5.41) is 0. The number of fused-ring (bicyclic) bond motifs is 4. The van der Waals surface area contributed by atoms with Crippen LogP contribution in [0.5, 0.6) is 0 Å². The molecule has 0 bridgehead atoms. The smallest absolute Gasteiger partial charge is 0.252 e. The second-order valence-corrected chi connectivity index (χ2v) is 25.5. The monoisotopic (exact) mass is 1190 g/mol. The molecule has 0 fully saturated rings. The highest BCUT2D eigenvalue weighted by Gasteiger charge is 2.44. The van der Waals surface area contributed by atoms with E-state index in [0.29, 0.717) is 0 Å². The predicted octanol–water partition coefficient (Wildman–Crippen LogP) is 22.6. The van der Waals surface area contributed by atoms with Gasteiger partial charge in [0.2, 0.25) is 0 Å². The number of nitrogens with zero attached hydrogens (tertiary/aromatic N) is 2. The Hall–Kier alpha value is -11.3. The summed E-state index contributed by atoms with van der Waals surface area (Å²) in [4.78, 5) is 5.28. The highest BCUT2D eigenvalue weighted by atomic mass is 15.2. The fourth-order valence-corrected chi connectivity index (χ4v) is 15.4. The number of hydrogen-bond donors (Lipinski definition) is 0. The topological polar surface area (TPSA) is 6.48 Å². The Balaban J connectivity index is 1.03. The third-order valence-corrected chi connectivity index (χ3v) is 19.5. The third-order valence-electron chi connectivity index (χ3n) is 19.5. The van der Waals surface area contributed by atoms with Gasteiger partial charge in [0.1, 0.15) is 0 Å².